The number of nitrogens with zero attached hydrogens (tertiary/aromatic N) is 8. The fourth-order valence-corrected chi connectivity index (χ4v) is 12.2. The molecule has 0 amide bonds. The van der Waals surface area contributed by atoms with Crippen LogP contribution in [0.15, 0.2) is 304 Å². The van der Waals surface area contributed by atoms with Crippen LogP contribution in [0.1, 0.15) is 0 Å². The van der Waals surface area contributed by atoms with Gasteiger partial charge in [-0.1, -0.05) is 267 Å². The summed E-state index contributed by atoms with van der Waals surface area (Å²) < 4.78 is 0. The van der Waals surface area contributed by atoms with Gasteiger partial charge in [-0.25, -0.2) is 29.9 Å². The van der Waals surface area contributed by atoms with Crippen molar-refractivity contribution in [2.24, 2.45) is 0 Å². The zero-order valence-corrected chi connectivity index (χ0v) is 47.4. The fraction of sp³-hybridized carbons (Fsp3) is 0. The summed E-state index contributed by atoms with van der Waals surface area (Å²) in [5, 5.41) is 6.79. The first-order valence-electron chi connectivity index (χ1n) is 29.4. The minimum absolute atomic E-state index is 0.588. The molecule has 0 atom stereocenters. The molecular weight excluding hydrogens is 1070 g/mol. The summed E-state index contributed by atoms with van der Waals surface area (Å²) in [4.78, 5) is 40.1. The van der Waals surface area contributed by atoms with E-state index in [0.717, 1.165) is 116 Å². The van der Waals surface area contributed by atoms with Crippen molar-refractivity contribution in [2.75, 3.05) is 0 Å². The Balaban J connectivity index is 0.764. The van der Waals surface area contributed by atoms with Crippen LogP contribution in [0.3, 0.4) is 0 Å². The quantitative estimate of drug-likeness (QED) is 0.126. The van der Waals surface area contributed by atoms with Crippen LogP contribution in [0.5, 0.6) is 0 Å². The van der Waals surface area contributed by atoms with Gasteiger partial charge in [-0.15, -0.1) is 0 Å². The summed E-state index contributed by atoms with van der Waals surface area (Å²) in [5.74, 6) is 3.63. The Bertz CT molecular complexity index is 5220. The van der Waals surface area contributed by atoms with Gasteiger partial charge in [0.15, 0.2) is 34.9 Å². The normalized spacial score (nSPS) is 11.4. The molecule has 4 aromatic heterocycles. The van der Waals surface area contributed by atoms with E-state index >= 15 is 0 Å². The Morgan fingerprint density at radius 1 is 0.193 bits per heavy atom. The third-order valence-electron chi connectivity index (χ3n) is 16.5. The van der Waals surface area contributed by atoms with Gasteiger partial charge >= 0.3 is 0 Å². The second-order valence-electron chi connectivity index (χ2n) is 21.8. The Hall–Kier alpha value is -12.0. The largest absolute Gasteiger partial charge is 0.256 e. The van der Waals surface area contributed by atoms with E-state index in [1.807, 2.05) is 116 Å². The van der Waals surface area contributed by atoms with Crippen LogP contribution < -0.4 is 0 Å². The highest BCUT2D eigenvalue weighted by molar-refractivity contribution is 6.12. The van der Waals surface area contributed by atoms with Crippen LogP contribution in [0, 0.1) is 0 Å². The molecule has 0 saturated carbocycles. The zero-order chi connectivity index (χ0) is 58.3. The summed E-state index contributed by atoms with van der Waals surface area (Å²) in [6.45, 7) is 0. The molecule has 8 heteroatoms. The van der Waals surface area contributed by atoms with Crippen molar-refractivity contribution < 1.29 is 0 Å². The molecule has 16 rings (SSSR count). The lowest BCUT2D eigenvalue weighted by atomic mass is 9.87. The van der Waals surface area contributed by atoms with Gasteiger partial charge in [0.25, 0.3) is 0 Å². The van der Waals surface area contributed by atoms with Crippen molar-refractivity contribution >= 4 is 43.4 Å². The van der Waals surface area contributed by atoms with E-state index in [2.05, 4.69) is 188 Å². The van der Waals surface area contributed by atoms with E-state index in [4.69, 9.17) is 39.9 Å². The van der Waals surface area contributed by atoms with Crippen LogP contribution >= 0.6 is 0 Å². The molecule has 0 unspecified atom stereocenters. The zero-order valence-electron chi connectivity index (χ0n) is 47.4. The van der Waals surface area contributed by atoms with Gasteiger partial charge in [0, 0.05) is 62.1 Å². The summed E-state index contributed by atoms with van der Waals surface area (Å²) in [5.41, 5.74) is 18.3. The van der Waals surface area contributed by atoms with Crippen molar-refractivity contribution in [2.45, 2.75) is 0 Å². The van der Waals surface area contributed by atoms with Gasteiger partial charge in [0.2, 0.25) is 0 Å². The SMILES string of the molecule is c1ccc(-c2nc(-c3ccc(-c4ccc5ccc(-c6ccc(-c7nc(-c8ccccc8)nc(-c8ccccc8)n7)cc6)c(-c6cccc7cccnc67)c5c4)cc3)nc(-c3ccc(-c4ccc5ccccc5c4-c4cccc5ncccc45)cc3)n2)cc1. The smallest absolute Gasteiger partial charge is 0.164 e. The van der Waals surface area contributed by atoms with Crippen molar-refractivity contribution in [1.82, 2.24) is 39.9 Å². The van der Waals surface area contributed by atoms with Crippen molar-refractivity contribution in [3.05, 3.63) is 304 Å². The second kappa shape index (κ2) is 22.2. The molecule has 0 radical (unpaired) electrons. The highest BCUT2D eigenvalue weighted by Gasteiger charge is 2.21. The molecule has 0 aliphatic rings. The Morgan fingerprint density at radius 3 is 1.12 bits per heavy atom. The van der Waals surface area contributed by atoms with E-state index in [9.17, 15) is 0 Å². The van der Waals surface area contributed by atoms with Crippen LogP contribution in [0.2, 0.25) is 0 Å². The number of rotatable bonds is 11. The molecule has 410 valence electrons. The van der Waals surface area contributed by atoms with E-state index in [-0.39, 0.29) is 0 Å². The first kappa shape index (κ1) is 51.6. The molecule has 0 saturated heterocycles. The van der Waals surface area contributed by atoms with E-state index in [0.29, 0.717) is 34.9 Å². The molecule has 0 spiro atoms. The van der Waals surface area contributed by atoms with Crippen LogP contribution in [0.4, 0.5) is 0 Å². The van der Waals surface area contributed by atoms with Gasteiger partial charge in [-0.2, -0.15) is 0 Å². The lowest BCUT2D eigenvalue weighted by molar-refractivity contribution is 1.07. The molecule has 8 nitrogen and oxygen atoms in total. The number of pyridine rings is 2. The maximum atomic E-state index is 5.20. The van der Waals surface area contributed by atoms with Crippen LogP contribution in [-0.2, 0) is 0 Å². The molecule has 12 aromatic carbocycles. The number of hydrogen-bond acceptors (Lipinski definition) is 8. The van der Waals surface area contributed by atoms with Gasteiger partial charge < -0.3 is 0 Å². The highest BCUT2D eigenvalue weighted by Crippen LogP contribution is 2.44. The van der Waals surface area contributed by atoms with E-state index in [1.165, 1.54) is 16.3 Å². The maximum absolute atomic E-state index is 5.20. The summed E-state index contributed by atoms with van der Waals surface area (Å²) >= 11 is 0. The molecule has 0 aliphatic carbocycles. The molecule has 0 fully saturated rings. The number of aromatic nitrogens is 8. The highest BCUT2D eigenvalue weighted by atomic mass is 15.0. The second-order valence-corrected chi connectivity index (χ2v) is 21.8. The van der Waals surface area contributed by atoms with Gasteiger partial charge in [0.05, 0.1) is 11.0 Å². The first-order chi connectivity index (χ1) is 43.6. The van der Waals surface area contributed by atoms with Crippen molar-refractivity contribution in [1.29, 1.82) is 0 Å². The molecule has 0 bridgehead atoms. The van der Waals surface area contributed by atoms with Gasteiger partial charge in [-0.05, 0) is 95.9 Å². The Labute approximate surface area is 508 Å². The topological polar surface area (TPSA) is 103 Å². The lowest BCUT2D eigenvalue weighted by Gasteiger charge is -2.17. The number of fused-ring (bicyclic) bond motifs is 4. The molecular formula is C80H50N8. The minimum Gasteiger partial charge on any atom is -0.256 e. The number of hydrogen-bond donors (Lipinski definition) is 0. The molecule has 16 aromatic rings. The Kier molecular flexibility index (Phi) is 13.0. The predicted molar refractivity (Wildman–Crippen MR) is 359 cm³/mol. The molecule has 0 N–H and O–H groups in total. The molecule has 4 heterocycles. The Morgan fingerprint density at radius 2 is 0.568 bits per heavy atom. The van der Waals surface area contributed by atoms with Gasteiger partial charge in [0.1, 0.15) is 0 Å². The van der Waals surface area contributed by atoms with Gasteiger partial charge in [-0.3, -0.25) is 9.97 Å². The third kappa shape index (κ3) is 9.66. The maximum Gasteiger partial charge on any atom is 0.164 e. The third-order valence-corrected chi connectivity index (χ3v) is 16.5. The standard InChI is InChI=1S/C80H50N8/c1-4-17-57(18-5-1)75-83-76(58-19-6-2-7-20-58)85-79(84-75)61-41-34-54(35-42-61)66-47-45-55-36-43-63(50-70(55)73(66)69-27-12-23-56-24-14-49-82-74(56)69)51-30-37-60(38-31-51)78-86-77(59-21-8-3-9-22-59)87-80(88-78)62-39-32-53(33-40-62)65-46-44-52-16-10-11-25-64(52)72(65)68-26-13-29-71-67(68)28-15-48-81-71/h1-50H. The average Bonchev–Trinajstić information content (AvgIpc) is 1.68. The number of benzene rings is 12. The van der Waals surface area contributed by atoms with Crippen molar-refractivity contribution in [3.8, 4) is 124 Å². The van der Waals surface area contributed by atoms with Crippen molar-refractivity contribution in [3.63, 3.8) is 0 Å². The number of para-hydroxylation sites is 1. The van der Waals surface area contributed by atoms with E-state index < -0.39 is 0 Å². The summed E-state index contributed by atoms with van der Waals surface area (Å²) in [6.07, 6.45) is 3.73. The lowest BCUT2D eigenvalue weighted by Crippen LogP contribution is -2.00. The molecule has 0 aliphatic heterocycles. The average molecular weight is 1120 g/mol. The van der Waals surface area contributed by atoms with Crippen LogP contribution in [-0.4, -0.2) is 39.9 Å². The fourth-order valence-electron chi connectivity index (χ4n) is 12.2. The summed E-state index contributed by atoms with van der Waals surface area (Å²) in [7, 11) is 0. The first-order valence-corrected chi connectivity index (χ1v) is 29.4. The van der Waals surface area contributed by atoms with E-state index in [1.54, 1.807) is 0 Å². The monoisotopic (exact) mass is 1120 g/mol. The minimum atomic E-state index is 0.588. The van der Waals surface area contributed by atoms with Crippen LogP contribution in [0.25, 0.3) is 167 Å². The molecule has 88 heavy (non-hydrogen) atoms. The summed E-state index contributed by atoms with van der Waals surface area (Å²) in [6, 6.07) is 101. The predicted octanol–water partition coefficient (Wildman–Crippen LogP) is 19.8.